The zero-order valence-electron chi connectivity index (χ0n) is 20.5. The van der Waals surface area contributed by atoms with Crippen LogP contribution in [-0.4, -0.2) is 52.3 Å². The van der Waals surface area contributed by atoms with Crippen LogP contribution >= 0.6 is 0 Å². The number of pyridine rings is 1. The van der Waals surface area contributed by atoms with Crippen molar-refractivity contribution in [2.24, 2.45) is 5.41 Å². The lowest BCUT2D eigenvalue weighted by atomic mass is 9.87. The number of amides is 2. The third-order valence-corrected chi connectivity index (χ3v) is 6.73. The highest BCUT2D eigenvalue weighted by Gasteiger charge is 2.35. The minimum Gasteiger partial charge on any atom is -0.337 e. The molecule has 0 radical (unpaired) electrons. The van der Waals surface area contributed by atoms with Crippen molar-refractivity contribution in [3.63, 3.8) is 0 Å². The van der Waals surface area contributed by atoms with E-state index in [2.05, 4.69) is 22.1 Å². The molecule has 1 aromatic carbocycles. The maximum Gasteiger partial charge on any atom is 0.257 e. The Morgan fingerprint density at radius 2 is 1.94 bits per heavy atom. The van der Waals surface area contributed by atoms with E-state index in [4.69, 9.17) is 0 Å². The molecule has 2 heterocycles. The van der Waals surface area contributed by atoms with Gasteiger partial charge in [0, 0.05) is 55.2 Å². The molecule has 1 aromatic heterocycles. The summed E-state index contributed by atoms with van der Waals surface area (Å²) >= 11 is 0. The first-order valence-corrected chi connectivity index (χ1v) is 11.6. The number of carbonyl (C=O) groups is 2. The maximum absolute atomic E-state index is 14.4. The summed E-state index contributed by atoms with van der Waals surface area (Å²) in [6, 6.07) is 6.44. The minimum atomic E-state index is -0.389. The van der Waals surface area contributed by atoms with E-state index in [1.165, 1.54) is 18.3 Å². The molecule has 7 heteroatoms. The summed E-state index contributed by atoms with van der Waals surface area (Å²) in [4.78, 5) is 33.9. The highest BCUT2D eigenvalue weighted by molar-refractivity contribution is 6.04. The number of benzene rings is 1. The first-order valence-electron chi connectivity index (χ1n) is 11.6. The molecule has 0 saturated carbocycles. The summed E-state index contributed by atoms with van der Waals surface area (Å²) < 4.78 is 14.4. The van der Waals surface area contributed by atoms with Crippen LogP contribution in [0.2, 0.25) is 0 Å². The van der Waals surface area contributed by atoms with Crippen molar-refractivity contribution < 1.29 is 14.0 Å². The van der Waals surface area contributed by atoms with Crippen molar-refractivity contribution in [3.05, 3.63) is 58.7 Å². The van der Waals surface area contributed by atoms with Gasteiger partial charge in [-0.2, -0.15) is 0 Å². The molecule has 3 rings (SSSR count). The number of rotatable bonds is 6. The van der Waals surface area contributed by atoms with E-state index in [-0.39, 0.29) is 29.1 Å². The number of anilines is 1. The molecule has 1 aliphatic rings. The summed E-state index contributed by atoms with van der Waals surface area (Å²) in [6.45, 7) is 14.5. The van der Waals surface area contributed by atoms with Crippen LogP contribution in [-0.2, 0) is 11.3 Å². The average molecular weight is 455 g/mol. The van der Waals surface area contributed by atoms with Crippen LogP contribution in [0.1, 0.15) is 61.3 Å². The number of hydrogen-bond acceptors (Lipinski definition) is 4. The van der Waals surface area contributed by atoms with Crippen LogP contribution in [0.4, 0.5) is 10.1 Å². The summed E-state index contributed by atoms with van der Waals surface area (Å²) in [5.74, 6) is -0.518. The van der Waals surface area contributed by atoms with E-state index < -0.39 is 0 Å². The third kappa shape index (κ3) is 5.77. The van der Waals surface area contributed by atoms with Gasteiger partial charge >= 0.3 is 0 Å². The highest BCUT2D eigenvalue weighted by Crippen LogP contribution is 2.27. The largest absolute Gasteiger partial charge is 0.337 e. The fourth-order valence-corrected chi connectivity index (χ4v) is 4.09. The molecule has 2 aromatic rings. The lowest BCUT2D eigenvalue weighted by Gasteiger charge is -2.43. The zero-order chi connectivity index (χ0) is 24.3. The molecule has 2 amide bonds. The number of halogens is 1. The Bertz CT molecular complexity index is 1020. The van der Waals surface area contributed by atoms with Gasteiger partial charge in [0.05, 0.1) is 5.56 Å². The van der Waals surface area contributed by atoms with E-state index in [0.717, 1.165) is 36.3 Å². The molecule has 1 N–H and O–H groups in total. The number of aromatic nitrogens is 1. The van der Waals surface area contributed by atoms with Gasteiger partial charge in [0.2, 0.25) is 5.91 Å². The molecule has 1 saturated heterocycles. The molecule has 1 aliphatic heterocycles. The van der Waals surface area contributed by atoms with Gasteiger partial charge in [-0.1, -0.05) is 20.8 Å². The Kier molecular flexibility index (Phi) is 7.52. The fraction of sp³-hybridized carbons (Fsp3) is 0.500. The Balaban J connectivity index is 1.71. The summed E-state index contributed by atoms with van der Waals surface area (Å²) in [7, 11) is 0. The predicted octanol–water partition coefficient (Wildman–Crippen LogP) is 4.56. The molecule has 0 aliphatic carbocycles. The Labute approximate surface area is 196 Å². The van der Waals surface area contributed by atoms with E-state index in [1.54, 1.807) is 12.1 Å². The van der Waals surface area contributed by atoms with Gasteiger partial charge in [-0.3, -0.25) is 19.5 Å². The molecule has 1 fully saturated rings. The van der Waals surface area contributed by atoms with Crippen molar-refractivity contribution in [1.82, 2.24) is 14.8 Å². The number of aryl methyl sites for hydroxylation is 1. The molecule has 1 unspecified atom stereocenters. The van der Waals surface area contributed by atoms with Crippen molar-refractivity contribution in [2.45, 2.75) is 60.5 Å². The highest BCUT2D eigenvalue weighted by atomic mass is 19.1. The van der Waals surface area contributed by atoms with Crippen molar-refractivity contribution >= 4 is 17.5 Å². The number of nitrogens with one attached hydrogen (secondary N) is 1. The smallest absolute Gasteiger partial charge is 0.257 e. The standard InChI is InChI=1S/C26H35FN4O2/c1-7-26(5,6)25(33)31-11-10-30(15-18(31)3)16-21-12-22(27)13-23(19(21)4)29-24(32)20-9-8-17(2)28-14-20/h8-9,12-14,18H,7,10-11,15-16H2,1-6H3,(H,29,32). The topological polar surface area (TPSA) is 65.5 Å². The van der Waals surface area contributed by atoms with Gasteiger partial charge in [0.25, 0.3) is 5.91 Å². The van der Waals surface area contributed by atoms with Crippen LogP contribution < -0.4 is 5.32 Å². The number of hydrogen-bond donors (Lipinski definition) is 1. The second kappa shape index (κ2) is 10.00. The normalized spacial score (nSPS) is 17.2. The second-order valence-corrected chi connectivity index (χ2v) is 9.70. The molecule has 178 valence electrons. The van der Waals surface area contributed by atoms with Crippen LogP contribution in [0.3, 0.4) is 0 Å². The third-order valence-electron chi connectivity index (χ3n) is 6.73. The molecule has 0 spiro atoms. The fourth-order valence-electron chi connectivity index (χ4n) is 4.09. The Hall–Kier alpha value is -2.80. The molecular weight excluding hydrogens is 419 g/mol. The van der Waals surface area contributed by atoms with E-state index in [9.17, 15) is 14.0 Å². The van der Waals surface area contributed by atoms with Crippen LogP contribution in [0, 0.1) is 25.1 Å². The predicted molar refractivity (Wildman–Crippen MR) is 129 cm³/mol. The van der Waals surface area contributed by atoms with Crippen molar-refractivity contribution in [1.29, 1.82) is 0 Å². The molecule has 33 heavy (non-hydrogen) atoms. The van der Waals surface area contributed by atoms with Gasteiger partial charge < -0.3 is 10.2 Å². The minimum absolute atomic E-state index is 0.0825. The lowest BCUT2D eigenvalue weighted by molar-refractivity contribution is -0.145. The summed E-state index contributed by atoms with van der Waals surface area (Å²) in [6.07, 6.45) is 2.32. The van der Waals surface area contributed by atoms with Gasteiger partial charge in [0.1, 0.15) is 5.82 Å². The van der Waals surface area contributed by atoms with Crippen LogP contribution in [0.5, 0.6) is 0 Å². The SMILES string of the molecule is CCC(C)(C)C(=O)N1CCN(Cc2cc(F)cc(NC(=O)c3ccc(C)nc3)c2C)CC1C. The molecule has 1 atom stereocenters. The van der Waals surface area contributed by atoms with Gasteiger partial charge in [0.15, 0.2) is 0 Å². The van der Waals surface area contributed by atoms with Crippen LogP contribution in [0.25, 0.3) is 0 Å². The van der Waals surface area contributed by atoms with Crippen molar-refractivity contribution in [2.75, 3.05) is 25.0 Å². The van der Waals surface area contributed by atoms with Gasteiger partial charge in [-0.15, -0.1) is 0 Å². The lowest BCUT2D eigenvalue weighted by Crippen LogP contribution is -2.56. The molecule has 6 nitrogen and oxygen atoms in total. The molecule has 0 bridgehead atoms. The molecular formula is C26H35FN4O2. The maximum atomic E-state index is 14.4. The average Bonchev–Trinajstić information content (AvgIpc) is 2.77. The quantitative estimate of drug-likeness (QED) is 0.695. The Morgan fingerprint density at radius 1 is 1.21 bits per heavy atom. The first kappa shape index (κ1) is 24.8. The van der Waals surface area contributed by atoms with Gasteiger partial charge in [-0.05, 0) is 62.6 Å². The first-order chi connectivity index (χ1) is 15.5. The zero-order valence-corrected chi connectivity index (χ0v) is 20.5. The number of carbonyl (C=O) groups excluding carboxylic acids is 2. The van der Waals surface area contributed by atoms with Gasteiger partial charge in [-0.25, -0.2) is 4.39 Å². The monoisotopic (exact) mass is 454 g/mol. The van der Waals surface area contributed by atoms with E-state index >= 15 is 0 Å². The van der Waals surface area contributed by atoms with Crippen molar-refractivity contribution in [3.8, 4) is 0 Å². The summed E-state index contributed by atoms with van der Waals surface area (Å²) in [5, 5.41) is 2.83. The Morgan fingerprint density at radius 3 is 2.55 bits per heavy atom. The second-order valence-electron chi connectivity index (χ2n) is 9.70. The number of nitrogens with zero attached hydrogens (tertiary/aromatic N) is 3. The van der Waals surface area contributed by atoms with E-state index in [1.807, 2.05) is 39.5 Å². The van der Waals surface area contributed by atoms with Crippen LogP contribution in [0.15, 0.2) is 30.5 Å². The van der Waals surface area contributed by atoms with E-state index in [0.29, 0.717) is 24.3 Å². The summed E-state index contributed by atoms with van der Waals surface area (Å²) in [5.41, 5.74) is 3.01. The number of piperazine rings is 1.